The van der Waals surface area contributed by atoms with Crippen molar-refractivity contribution < 1.29 is 14.6 Å². The van der Waals surface area contributed by atoms with Crippen molar-refractivity contribution in [2.45, 2.75) is 19.3 Å². The quantitative estimate of drug-likeness (QED) is 0.614. The number of rotatable bonds is 6. The van der Waals surface area contributed by atoms with Crippen LogP contribution in [0.1, 0.15) is 34.0 Å². The summed E-state index contributed by atoms with van der Waals surface area (Å²) in [5.41, 5.74) is 4.82. The second-order valence-corrected chi connectivity index (χ2v) is 7.46. The Hall–Kier alpha value is -3.54. The van der Waals surface area contributed by atoms with Crippen LogP contribution in [-0.2, 0) is 0 Å². The zero-order valence-corrected chi connectivity index (χ0v) is 17.1. The molecule has 1 aromatic heterocycles. The molecule has 0 radical (unpaired) electrons. The fourth-order valence-corrected chi connectivity index (χ4v) is 3.87. The number of carbonyl (C=O) groups is 1. The smallest absolute Gasteiger partial charge is 0.337 e. The van der Waals surface area contributed by atoms with Crippen molar-refractivity contribution in [2.75, 3.05) is 30.4 Å². The highest BCUT2D eigenvalue weighted by atomic mass is 16.5. The summed E-state index contributed by atoms with van der Waals surface area (Å²) < 4.78 is 5.96. The third-order valence-corrected chi connectivity index (χ3v) is 5.59. The van der Waals surface area contributed by atoms with Crippen LogP contribution in [0.4, 0.5) is 17.1 Å². The monoisotopic (exact) mass is 403 g/mol. The number of ether oxygens (including phenoxy) is 1. The van der Waals surface area contributed by atoms with Gasteiger partial charge < -0.3 is 20.1 Å². The lowest BCUT2D eigenvalue weighted by Gasteiger charge is -2.29. The van der Waals surface area contributed by atoms with Gasteiger partial charge in [0.25, 0.3) is 0 Å². The number of hydrogen-bond acceptors (Lipinski definition) is 5. The molecular formula is C24H25N3O3. The molecule has 4 rings (SSSR count). The lowest BCUT2D eigenvalue weighted by atomic mass is 9.92. The highest BCUT2D eigenvalue weighted by molar-refractivity contribution is 5.94. The molecule has 0 fully saturated rings. The summed E-state index contributed by atoms with van der Waals surface area (Å²) in [4.78, 5) is 17.9. The number of carboxylic acid groups (broad SMARTS) is 1. The summed E-state index contributed by atoms with van der Waals surface area (Å²) in [7, 11) is 2.04. The third-order valence-electron chi connectivity index (χ3n) is 5.59. The minimum atomic E-state index is -0.955. The molecule has 0 bridgehead atoms. The first-order valence-corrected chi connectivity index (χ1v) is 10.0. The zero-order valence-electron chi connectivity index (χ0n) is 17.1. The second-order valence-electron chi connectivity index (χ2n) is 7.46. The molecule has 0 amide bonds. The number of nitrogens with zero attached hydrogens (tertiary/aromatic N) is 2. The van der Waals surface area contributed by atoms with E-state index in [1.54, 1.807) is 0 Å². The van der Waals surface area contributed by atoms with Gasteiger partial charge in [0, 0.05) is 43.1 Å². The number of benzene rings is 2. The SMILES string of the molecule is Cc1nccc(C(=O)O)c1NC[C@@H]1CCOc2cc(N(C)c3ccccc3)ccc21. The molecule has 0 spiro atoms. The van der Waals surface area contributed by atoms with Crippen molar-refractivity contribution in [2.24, 2.45) is 0 Å². The van der Waals surface area contributed by atoms with Crippen LogP contribution in [0.5, 0.6) is 5.75 Å². The molecule has 3 aromatic rings. The van der Waals surface area contributed by atoms with Gasteiger partial charge in [-0.1, -0.05) is 24.3 Å². The van der Waals surface area contributed by atoms with Crippen LogP contribution in [0.3, 0.4) is 0 Å². The Morgan fingerprint density at radius 3 is 2.77 bits per heavy atom. The number of carboxylic acids is 1. The number of aryl methyl sites for hydroxylation is 1. The predicted octanol–water partition coefficient (Wildman–Crippen LogP) is 4.83. The van der Waals surface area contributed by atoms with E-state index in [4.69, 9.17) is 4.74 Å². The number of aromatic nitrogens is 1. The Balaban J connectivity index is 1.55. The molecule has 0 aliphatic carbocycles. The first-order valence-electron chi connectivity index (χ1n) is 10.0. The van der Waals surface area contributed by atoms with Crippen LogP contribution in [0.25, 0.3) is 0 Å². The Morgan fingerprint density at radius 2 is 2.00 bits per heavy atom. The Bertz CT molecular complexity index is 1050. The summed E-state index contributed by atoms with van der Waals surface area (Å²) in [6.45, 7) is 3.07. The number of hydrogen-bond donors (Lipinski definition) is 2. The number of nitrogens with one attached hydrogen (secondary N) is 1. The van der Waals surface area contributed by atoms with Crippen molar-refractivity contribution in [1.29, 1.82) is 0 Å². The van der Waals surface area contributed by atoms with Crippen molar-refractivity contribution in [3.8, 4) is 5.75 Å². The van der Waals surface area contributed by atoms with Gasteiger partial charge in [-0.05, 0) is 43.2 Å². The van der Waals surface area contributed by atoms with Gasteiger partial charge in [-0.25, -0.2) is 4.79 Å². The molecular weight excluding hydrogens is 378 g/mol. The van der Waals surface area contributed by atoms with E-state index in [1.165, 1.54) is 12.3 Å². The molecule has 154 valence electrons. The van der Waals surface area contributed by atoms with Crippen molar-refractivity contribution in [3.05, 3.63) is 77.6 Å². The second kappa shape index (κ2) is 8.45. The molecule has 2 heterocycles. The highest BCUT2D eigenvalue weighted by Gasteiger charge is 2.23. The summed E-state index contributed by atoms with van der Waals surface area (Å²) in [5.74, 6) is 0.157. The maximum absolute atomic E-state index is 11.5. The maximum Gasteiger partial charge on any atom is 0.337 e. The molecule has 6 nitrogen and oxygen atoms in total. The molecule has 30 heavy (non-hydrogen) atoms. The van der Waals surface area contributed by atoms with Crippen molar-refractivity contribution >= 4 is 23.0 Å². The van der Waals surface area contributed by atoms with Crippen LogP contribution in [0.2, 0.25) is 0 Å². The molecule has 2 aromatic carbocycles. The van der Waals surface area contributed by atoms with E-state index < -0.39 is 5.97 Å². The molecule has 6 heteroatoms. The summed E-state index contributed by atoms with van der Waals surface area (Å²) >= 11 is 0. The lowest BCUT2D eigenvalue weighted by molar-refractivity contribution is 0.0697. The number of pyridine rings is 1. The van der Waals surface area contributed by atoms with E-state index in [0.29, 0.717) is 24.5 Å². The molecule has 1 aliphatic rings. The highest BCUT2D eigenvalue weighted by Crippen LogP contribution is 2.38. The van der Waals surface area contributed by atoms with E-state index in [1.807, 2.05) is 32.2 Å². The zero-order chi connectivity index (χ0) is 21.1. The fourth-order valence-electron chi connectivity index (χ4n) is 3.87. The normalized spacial score (nSPS) is 15.1. The average Bonchev–Trinajstić information content (AvgIpc) is 2.77. The number of anilines is 3. The van der Waals surface area contributed by atoms with Gasteiger partial charge in [0.1, 0.15) is 5.75 Å². The van der Waals surface area contributed by atoms with E-state index in [-0.39, 0.29) is 11.5 Å². The topological polar surface area (TPSA) is 74.7 Å². The molecule has 0 unspecified atom stereocenters. The van der Waals surface area contributed by atoms with Crippen LogP contribution in [0.15, 0.2) is 60.8 Å². The first-order chi connectivity index (χ1) is 14.5. The van der Waals surface area contributed by atoms with E-state index in [0.717, 1.165) is 29.1 Å². The van der Waals surface area contributed by atoms with Gasteiger partial charge in [-0.15, -0.1) is 0 Å². The molecule has 0 saturated carbocycles. The summed E-state index contributed by atoms with van der Waals surface area (Å²) in [6.07, 6.45) is 2.40. The summed E-state index contributed by atoms with van der Waals surface area (Å²) in [6, 6.07) is 18.0. The van der Waals surface area contributed by atoms with Crippen molar-refractivity contribution in [3.63, 3.8) is 0 Å². The standard InChI is InChI=1S/C24H25N3O3/c1-16-23(21(24(28)29)10-12-25-16)26-15-17-11-13-30-22-14-19(8-9-20(17)22)27(2)18-6-4-3-5-7-18/h3-10,12,14,17,26H,11,13,15H2,1-2H3,(H,28,29)/t17-/m0/s1. The fraction of sp³-hybridized carbons (Fsp3) is 0.250. The minimum Gasteiger partial charge on any atom is -0.493 e. The van der Waals surface area contributed by atoms with Gasteiger partial charge in [-0.3, -0.25) is 4.98 Å². The Kier molecular flexibility index (Phi) is 5.57. The number of aromatic carboxylic acids is 1. The van der Waals surface area contributed by atoms with Gasteiger partial charge in [0.15, 0.2) is 0 Å². The number of fused-ring (bicyclic) bond motifs is 1. The van der Waals surface area contributed by atoms with Crippen LogP contribution in [-0.4, -0.2) is 36.3 Å². The van der Waals surface area contributed by atoms with Gasteiger partial charge in [0.2, 0.25) is 0 Å². The van der Waals surface area contributed by atoms with Crippen LogP contribution in [0, 0.1) is 6.92 Å². The minimum absolute atomic E-state index is 0.228. The van der Waals surface area contributed by atoms with Gasteiger partial charge >= 0.3 is 5.97 Å². The molecule has 1 atom stereocenters. The first kappa shape index (κ1) is 19.8. The molecule has 2 N–H and O–H groups in total. The lowest BCUT2D eigenvalue weighted by Crippen LogP contribution is -2.22. The van der Waals surface area contributed by atoms with E-state index >= 15 is 0 Å². The van der Waals surface area contributed by atoms with Gasteiger partial charge in [0.05, 0.1) is 23.6 Å². The third kappa shape index (κ3) is 3.94. The van der Waals surface area contributed by atoms with Crippen LogP contribution < -0.4 is 15.0 Å². The largest absolute Gasteiger partial charge is 0.493 e. The van der Waals surface area contributed by atoms with Gasteiger partial charge in [-0.2, -0.15) is 0 Å². The van der Waals surface area contributed by atoms with Crippen molar-refractivity contribution in [1.82, 2.24) is 4.98 Å². The number of para-hydroxylation sites is 1. The molecule has 0 saturated heterocycles. The van der Waals surface area contributed by atoms with Crippen LogP contribution >= 0.6 is 0 Å². The Morgan fingerprint density at radius 1 is 1.20 bits per heavy atom. The van der Waals surface area contributed by atoms with E-state index in [9.17, 15) is 9.90 Å². The predicted molar refractivity (Wildman–Crippen MR) is 118 cm³/mol. The summed E-state index contributed by atoms with van der Waals surface area (Å²) in [5, 5.41) is 12.8. The maximum atomic E-state index is 11.5. The Labute approximate surface area is 176 Å². The van der Waals surface area contributed by atoms with E-state index in [2.05, 4.69) is 45.5 Å². The average molecular weight is 403 g/mol. The molecule has 1 aliphatic heterocycles.